The Bertz CT molecular complexity index is 168. The van der Waals surface area contributed by atoms with Crippen LogP contribution in [0.2, 0.25) is 0 Å². The van der Waals surface area contributed by atoms with Gasteiger partial charge in [0, 0.05) is 6.42 Å². The lowest BCUT2D eigenvalue weighted by atomic mass is 9.87. The highest BCUT2D eigenvalue weighted by Crippen LogP contribution is 2.49. The van der Waals surface area contributed by atoms with Crippen LogP contribution >= 0.6 is 0 Å². The number of fused-ring (bicyclic) bond motifs is 2. The molecule has 0 aromatic heterocycles. The second-order valence-corrected chi connectivity index (χ2v) is 3.80. The van der Waals surface area contributed by atoms with E-state index >= 15 is 0 Å². The van der Waals surface area contributed by atoms with Crippen molar-refractivity contribution in [1.29, 1.82) is 5.26 Å². The van der Waals surface area contributed by atoms with E-state index in [4.69, 9.17) is 5.26 Å². The van der Waals surface area contributed by atoms with Crippen LogP contribution < -0.4 is 0 Å². The van der Waals surface area contributed by atoms with Crippen molar-refractivity contribution in [2.45, 2.75) is 32.1 Å². The van der Waals surface area contributed by atoms with Gasteiger partial charge in [0.25, 0.3) is 0 Å². The van der Waals surface area contributed by atoms with Crippen LogP contribution in [0.3, 0.4) is 0 Å². The van der Waals surface area contributed by atoms with Crippen molar-refractivity contribution in [2.24, 2.45) is 17.8 Å². The summed E-state index contributed by atoms with van der Waals surface area (Å²) in [4.78, 5) is 0. The van der Waals surface area contributed by atoms with Crippen LogP contribution in [-0.4, -0.2) is 0 Å². The molecule has 0 aromatic carbocycles. The fourth-order valence-corrected chi connectivity index (χ4v) is 2.74. The molecule has 0 aromatic rings. The SMILES string of the molecule is N#CCC1CC2CCC1C2. The molecule has 2 bridgehead atoms. The van der Waals surface area contributed by atoms with E-state index in [0.29, 0.717) is 0 Å². The van der Waals surface area contributed by atoms with Crippen molar-refractivity contribution >= 4 is 0 Å². The number of nitriles is 1. The Morgan fingerprint density at radius 1 is 1.30 bits per heavy atom. The van der Waals surface area contributed by atoms with Gasteiger partial charge in [-0.1, -0.05) is 6.42 Å². The van der Waals surface area contributed by atoms with Gasteiger partial charge < -0.3 is 0 Å². The van der Waals surface area contributed by atoms with Gasteiger partial charge in [0.2, 0.25) is 0 Å². The van der Waals surface area contributed by atoms with Crippen molar-refractivity contribution in [3.05, 3.63) is 0 Å². The van der Waals surface area contributed by atoms with Gasteiger partial charge in [0.15, 0.2) is 0 Å². The highest BCUT2D eigenvalue weighted by atomic mass is 14.4. The highest BCUT2D eigenvalue weighted by Gasteiger charge is 2.38. The summed E-state index contributed by atoms with van der Waals surface area (Å²) in [6.45, 7) is 0. The standard InChI is InChI=1S/C9H13N/c10-4-3-9-6-7-1-2-8(9)5-7/h7-9H,1-3,5-6H2. The molecule has 0 heterocycles. The first kappa shape index (κ1) is 6.22. The van der Waals surface area contributed by atoms with Crippen molar-refractivity contribution in [1.82, 2.24) is 0 Å². The lowest BCUT2D eigenvalue weighted by Gasteiger charge is -2.17. The maximum atomic E-state index is 8.50. The fraction of sp³-hybridized carbons (Fsp3) is 0.889. The van der Waals surface area contributed by atoms with Gasteiger partial charge >= 0.3 is 0 Å². The third-order valence-corrected chi connectivity index (χ3v) is 3.24. The quantitative estimate of drug-likeness (QED) is 0.541. The maximum Gasteiger partial charge on any atom is 0.0624 e. The summed E-state index contributed by atoms with van der Waals surface area (Å²) < 4.78 is 0. The molecule has 54 valence electrons. The minimum atomic E-state index is 0.781. The topological polar surface area (TPSA) is 23.8 Å². The number of hydrogen-bond donors (Lipinski definition) is 0. The molecule has 10 heavy (non-hydrogen) atoms. The molecular formula is C9H13N. The number of hydrogen-bond acceptors (Lipinski definition) is 1. The van der Waals surface area contributed by atoms with Crippen LogP contribution in [0, 0.1) is 29.1 Å². The number of rotatable bonds is 1. The molecule has 2 aliphatic carbocycles. The Balaban J connectivity index is 1.97. The zero-order valence-corrected chi connectivity index (χ0v) is 6.21. The normalized spacial score (nSPS) is 43.7. The summed E-state index contributed by atoms with van der Waals surface area (Å²) in [5, 5.41) is 8.50. The van der Waals surface area contributed by atoms with Gasteiger partial charge in [-0.3, -0.25) is 0 Å². The highest BCUT2D eigenvalue weighted by molar-refractivity contribution is 4.93. The minimum absolute atomic E-state index is 0.781. The largest absolute Gasteiger partial charge is 0.198 e. The molecule has 0 spiro atoms. The molecule has 0 aliphatic heterocycles. The maximum absolute atomic E-state index is 8.50. The third kappa shape index (κ3) is 0.831. The molecule has 1 heteroatoms. The zero-order valence-electron chi connectivity index (χ0n) is 6.21. The van der Waals surface area contributed by atoms with Crippen molar-refractivity contribution in [3.63, 3.8) is 0 Å². The van der Waals surface area contributed by atoms with Crippen LogP contribution in [-0.2, 0) is 0 Å². The van der Waals surface area contributed by atoms with Crippen LogP contribution in [0.1, 0.15) is 32.1 Å². The van der Waals surface area contributed by atoms with Gasteiger partial charge in [-0.15, -0.1) is 0 Å². The van der Waals surface area contributed by atoms with E-state index in [1.165, 1.54) is 25.7 Å². The smallest absolute Gasteiger partial charge is 0.0624 e. The summed E-state index contributed by atoms with van der Waals surface area (Å²) in [6.07, 6.45) is 6.48. The minimum Gasteiger partial charge on any atom is -0.198 e. The van der Waals surface area contributed by atoms with E-state index in [1.807, 2.05) is 0 Å². The van der Waals surface area contributed by atoms with Crippen molar-refractivity contribution < 1.29 is 0 Å². The Morgan fingerprint density at radius 2 is 2.20 bits per heavy atom. The van der Waals surface area contributed by atoms with Gasteiger partial charge in [0.05, 0.1) is 6.07 Å². The molecular weight excluding hydrogens is 122 g/mol. The Labute approximate surface area is 62.0 Å². The molecule has 1 nitrogen and oxygen atoms in total. The fourth-order valence-electron chi connectivity index (χ4n) is 2.74. The molecule has 3 unspecified atom stereocenters. The molecule has 2 aliphatic rings. The van der Waals surface area contributed by atoms with E-state index < -0.39 is 0 Å². The average Bonchev–Trinajstić information content (AvgIpc) is 2.48. The Hall–Kier alpha value is -0.510. The van der Waals surface area contributed by atoms with Crippen molar-refractivity contribution in [3.8, 4) is 6.07 Å². The second kappa shape index (κ2) is 2.27. The number of nitrogens with zero attached hydrogens (tertiary/aromatic N) is 1. The molecule has 2 rings (SSSR count). The predicted molar refractivity (Wildman–Crippen MR) is 39.2 cm³/mol. The molecule has 0 amide bonds. The summed E-state index contributed by atoms with van der Waals surface area (Å²) in [7, 11) is 0. The first-order valence-corrected chi connectivity index (χ1v) is 4.27. The van der Waals surface area contributed by atoms with Gasteiger partial charge in [-0.25, -0.2) is 0 Å². The van der Waals surface area contributed by atoms with Crippen LogP contribution in [0.5, 0.6) is 0 Å². The van der Waals surface area contributed by atoms with Crippen LogP contribution in [0.4, 0.5) is 0 Å². The molecule has 0 saturated heterocycles. The molecule has 3 atom stereocenters. The molecule has 2 fully saturated rings. The lowest BCUT2D eigenvalue weighted by molar-refractivity contribution is 0.339. The first-order chi connectivity index (χ1) is 4.90. The first-order valence-electron chi connectivity index (χ1n) is 4.27. The zero-order chi connectivity index (χ0) is 6.97. The van der Waals surface area contributed by atoms with Crippen molar-refractivity contribution in [2.75, 3.05) is 0 Å². The third-order valence-electron chi connectivity index (χ3n) is 3.24. The Morgan fingerprint density at radius 3 is 2.70 bits per heavy atom. The van der Waals surface area contributed by atoms with Gasteiger partial charge in [0.1, 0.15) is 0 Å². The van der Waals surface area contributed by atoms with E-state index in [9.17, 15) is 0 Å². The monoisotopic (exact) mass is 135 g/mol. The van der Waals surface area contributed by atoms with E-state index in [-0.39, 0.29) is 0 Å². The summed E-state index contributed by atoms with van der Waals surface area (Å²) >= 11 is 0. The van der Waals surface area contributed by atoms with Crippen LogP contribution in [0.25, 0.3) is 0 Å². The molecule has 0 radical (unpaired) electrons. The second-order valence-electron chi connectivity index (χ2n) is 3.80. The van der Waals surface area contributed by atoms with E-state index in [2.05, 4.69) is 6.07 Å². The molecule has 0 N–H and O–H groups in total. The summed E-state index contributed by atoms with van der Waals surface area (Å²) in [5.74, 6) is 2.72. The lowest BCUT2D eigenvalue weighted by Crippen LogP contribution is -2.08. The molecule has 2 saturated carbocycles. The summed E-state index contributed by atoms with van der Waals surface area (Å²) in [5.41, 5.74) is 0. The average molecular weight is 135 g/mol. The van der Waals surface area contributed by atoms with E-state index in [0.717, 1.165) is 24.2 Å². The predicted octanol–water partition coefficient (Wildman–Crippen LogP) is 2.34. The van der Waals surface area contributed by atoms with Gasteiger partial charge in [-0.05, 0) is 37.0 Å². The van der Waals surface area contributed by atoms with Gasteiger partial charge in [-0.2, -0.15) is 5.26 Å². The Kier molecular flexibility index (Phi) is 1.41. The van der Waals surface area contributed by atoms with Crippen LogP contribution in [0.15, 0.2) is 0 Å². The summed E-state index contributed by atoms with van der Waals surface area (Å²) in [6, 6.07) is 2.29. The van der Waals surface area contributed by atoms with E-state index in [1.54, 1.807) is 0 Å².